The third-order valence-electron chi connectivity index (χ3n) is 3.00. The van der Waals surface area contributed by atoms with E-state index < -0.39 is 22.9 Å². The Balaban J connectivity index is 2.68. The number of rotatable bonds is 3. The Morgan fingerprint density at radius 1 is 1.45 bits per heavy atom. The highest BCUT2D eigenvalue weighted by Gasteiger charge is 2.15. The summed E-state index contributed by atoms with van der Waals surface area (Å²) in [5.74, 6) is -1.82. The first kappa shape index (κ1) is 13.9. The summed E-state index contributed by atoms with van der Waals surface area (Å²) in [6.07, 6.45) is 1.80. The number of halogens is 1. The van der Waals surface area contributed by atoms with Crippen molar-refractivity contribution in [2.45, 2.75) is 20.3 Å². The molecule has 20 heavy (non-hydrogen) atoms. The Bertz CT molecular complexity index is 738. The average Bonchev–Trinajstić information content (AvgIpc) is 2.42. The minimum atomic E-state index is -1.40. The Labute approximate surface area is 114 Å². The number of carboxylic acids is 1. The summed E-state index contributed by atoms with van der Waals surface area (Å²) >= 11 is 0. The van der Waals surface area contributed by atoms with Crippen molar-refractivity contribution in [2.24, 2.45) is 0 Å². The molecular formula is C14H13FN2O3. The molecule has 0 aliphatic carbocycles. The summed E-state index contributed by atoms with van der Waals surface area (Å²) in [6, 6.07) is 4.43. The van der Waals surface area contributed by atoms with E-state index in [0.29, 0.717) is 23.2 Å². The predicted octanol–water partition coefficient (Wildman–Crippen LogP) is 1.94. The Morgan fingerprint density at radius 2 is 2.15 bits per heavy atom. The summed E-state index contributed by atoms with van der Waals surface area (Å²) in [7, 11) is 0. The van der Waals surface area contributed by atoms with Crippen LogP contribution in [0.1, 0.15) is 28.5 Å². The number of carboxylic acid groups (broad SMARTS) is 1. The van der Waals surface area contributed by atoms with Crippen LogP contribution < -0.4 is 5.43 Å². The van der Waals surface area contributed by atoms with Crippen LogP contribution in [0.4, 0.5) is 4.39 Å². The van der Waals surface area contributed by atoms with Crippen molar-refractivity contribution in [2.75, 3.05) is 0 Å². The second kappa shape index (κ2) is 5.24. The Hall–Kier alpha value is -2.50. The van der Waals surface area contributed by atoms with E-state index in [2.05, 4.69) is 5.10 Å². The normalized spacial score (nSPS) is 10.6. The quantitative estimate of drug-likeness (QED) is 0.929. The van der Waals surface area contributed by atoms with E-state index in [1.165, 1.54) is 16.9 Å². The van der Waals surface area contributed by atoms with Crippen LogP contribution in [0.5, 0.6) is 0 Å². The first-order chi connectivity index (χ1) is 9.43. The second-order valence-corrected chi connectivity index (χ2v) is 4.37. The van der Waals surface area contributed by atoms with Gasteiger partial charge in [0.15, 0.2) is 0 Å². The molecule has 1 aromatic carbocycles. The van der Waals surface area contributed by atoms with Crippen LogP contribution in [0.25, 0.3) is 5.69 Å². The van der Waals surface area contributed by atoms with E-state index in [1.807, 2.05) is 0 Å². The van der Waals surface area contributed by atoms with Gasteiger partial charge in [0, 0.05) is 11.8 Å². The maximum atomic E-state index is 13.6. The molecule has 0 fully saturated rings. The molecule has 2 aromatic rings. The second-order valence-electron chi connectivity index (χ2n) is 4.37. The number of benzene rings is 1. The van der Waals surface area contributed by atoms with E-state index in [1.54, 1.807) is 26.0 Å². The number of carbonyl (C=O) groups is 1. The molecule has 0 bridgehead atoms. The van der Waals surface area contributed by atoms with Crippen LogP contribution in [0.3, 0.4) is 0 Å². The van der Waals surface area contributed by atoms with Gasteiger partial charge in [-0.25, -0.2) is 13.9 Å². The lowest BCUT2D eigenvalue weighted by molar-refractivity contribution is 0.0686. The highest BCUT2D eigenvalue weighted by Crippen LogP contribution is 2.13. The fourth-order valence-corrected chi connectivity index (χ4v) is 1.79. The van der Waals surface area contributed by atoms with Crippen LogP contribution in [0.2, 0.25) is 0 Å². The molecule has 0 radical (unpaired) electrons. The molecule has 104 valence electrons. The van der Waals surface area contributed by atoms with Crippen molar-refractivity contribution in [1.29, 1.82) is 0 Å². The van der Waals surface area contributed by atoms with E-state index in [9.17, 15) is 14.0 Å². The first-order valence-electron chi connectivity index (χ1n) is 6.06. The Kier molecular flexibility index (Phi) is 3.65. The fourth-order valence-electron chi connectivity index (χ4n) is 1.79. The SMILES string of the molecule is CCc1cn(-c2ccc(C)c(F)c2)nc(C(=O)O)c1=O. The van der Waals surface area contributed by atoms with Gasteiger partial charge in [-0.2, -0.15) is 5.10 Å². The first-order valence-corrected chi connectivity index (χ1v) is 6.06. The molecular weight excluding hydrogens is 263 g/mol. The summed E-state index contributed by atoms with van der Waals surface area (Å²) in [5, 5.41) is 12.8. The number of aromatic nitrogens is 2. The van der Waals surface area contributed by atoms with Gasteiger partial charge in [-0.05, 0) is 31.0 Å². The summed E-state index contributed by atoms with van der Waals surface area (Å²) in [5.41, 5.74) is -0.0122. The summed E-state index contributed by atoms with van der Waals surface area (Å²) < 4.78 is 14.8. The van der Waals surface area contributed by atoms with E-state index >= 15 is 0 Å². The Morgan fingerprint density at radius 3 is 2.70 bits per heavy atom. The number of nitrogens with zero attached hydrogens (tertiary/aromatic N) is 2. The van der Waals surface area contributed by atoms with Crippen LogP contribution in [0, 0.1) is 12.7 Å². The van der Waals surface area contributed by atoms with E-state index in [-0.39, 0.29) is 0 Å². The van der Waals surface area contributed by atoms with Crippen molar-refractivity contribution < 1.29 is 14.3 Å². The average molecular weight is 276 g/mol. The van der Waals surface area contributed by atoms with E-state index in [4.69, 9.17) is 5.11 Å². The molecule has 0 atom stereocenters. The minimum absolute atomic E-state index is 0.318. The maximum Gasteiger partial charge on any atom is 0.360 e. The zero-order chi connectivity index (χ0) is 14.9. The third-order valence-corrected chi connectivity index (χ3v) is 3.00. The van der Waals surface area contributed by atoms with Crippen LogP contribution in [-0.2, 0) is 6.42 Å². The van der Waals surface area contributed by atoms with Gasteiger partial charge >= 0.3 is 5.97 Å². The van der Waals surface area contributed by atoms with Crippen molar-refractivity contribution in [1.82, 2.24) is 9.78 Å². The van der Waals surface area contributed by atoms with E-state index in [0.717, 1.165) is 0 Å². The van der Waals surface area contributed by atoms with Gasteiger partial charge in [-0.3, -0.25) is 4.79 Å². The smallest absolute Gasteiger partial charge is 0.360 e. The number of hydrogen-bond acceptors (Lipinski definition) is 3. The van der Waals surface area contributed by atoms with Gasteiger partial charge in [-0.1, -0.05) is 13.0 Å². The lowest BCUT2D eigenvalue weighted by Gasteiger charge is -2.09. The number of aromatic carboxylic acids is 1. The lowest BCUT2D eigenvalue weighted by atomic mass is 10.2. The lowest BCUT2D eigenvalue weighted by Crippen LogP contribution is -2.24. The molecule has 0 amide bonds. The molecule has 0 spiro atoms. The molecule has 0 unspecified atom stereocenters. The van der Waals surface area contributed by atoms with Crippen LogP contribution in [0.15, 0.2) is 29.2 Å². The van der Waals surface area contributed by atoms with Crippen LogP contribution in [-0.4, -0.2) is 20.9 Å². The highest BCUT2D eigenvalue weighted by molar-refractivity contribution is 5.85. The zero-order valence-electron chi connectivity index (χ0n) is 11.1. The molecule has 1 aromatic heterocycles. The van der Waals surface area contributed by atoms with Crippen molar-refractivity contribution in [3.63, 3.8) is 0 Å². The monoisotopic (exact) mass is 276 g/mol. The van der Waals surface area contributed by atoms with Crippen LogP contribution >= 0.6 is 0 Å². The molecule has 5 nitrogen and oxygen atoms in total. The molecule has 0 saturated carbocycles. The topological polar surface area (TPSA) is 72.2 Å². The van der Waals surface area contributed by atoms with Gasteiger partial charge in [0.25, 0.3) is 0 Å². The fraction of sp³-hybridized carbons (Fsp3) is 0.214. The van der Waals surface area contributed by atoms with Gasteiger partial charge < -0.3 is 5.11 Å². The highest BCUT2D eigenvalue weighted by atomic mass is 19.1. The predicted molar refractivity (Wildman–Crippen MR) is 70.9 cm³/mol. The standard InChI is InChI=1S/C14H13FN2O3/c1-3-9-7-17(16-12(13(9)18)14(19)20)10-5-4-8(2)11(15)6-10/h4-7H,3H2,1-2H3,(H,19,20). The number of aryl methyl sites for hydroxylation is 2. The van der Waals surface area contributed by atoms with Crippen molar-refractivity contribution in [3.05, 3.63) is 57.3 Å². The summed E-state index contributed by atoms with van der Waals surface area (Å²) in [4.78, 5) is 22.9. The van der Waals surface area contributed by atoms with Gasteiger partial charge in [0.1, 0.15) is 5.82 Å². The molecule has 2 rings (SSSR count). The van der Waals surface area contributed by atoms with Gasteiger partial charge in [-0.15, -0.1) is 0 Å². The molecule has 6 heteroatoms. The number of hydrogen-bond donors (Lipinski definition) is 1. The summed E-state index contributed by atoms with van der Waals surface area (Å²) in [6.45, 7) is 3.36. The molecule has 1 heterocycles. The molecule has 0 aliphatic heterocycles. The van der Waals surface area contributed by atoms with Crippen molar-refractivity contribution >= 4 is 5.97 Å². The molecule has 0 aliphatic rings. The molecule has 0 saturated heterocycles. The third kappa shape index (κ3) is 2.45. The van der Waals surface area contributed by atoms with Gasteiger partial charge in [0.05, 0.1) is 5.69 Å². The molecule has 1 N–H and O–H groups in total. The maximum absolute atomic E-state index is 13.6. The van der Waals surface area contributed by atoms with Crippen molar-refractivity contribution in [3.8, 4) is 5.69 Å². The largest absolute Gasteiger partial charge is 0.476 e. The minimum Gasteiger partial charge on any atom is -0.476 e. The van der Waals surface area contributed by atoms with Gasteiger partial charge in [0.2, 0.25) is 11.1 Å². The zero-order valence-corrected chi connectivity index (χ0v) is 11.1.